The van der Waals surface area contributed by atoms with Crippen LogP contribution in [0.3, 0.4) is 0 Å². The number of phenols is 1. The SMILES string of the molecule is O=C(c1cccc(O)c1F)N1CCC1. The number of carbonyl (C=O) groups is 1. The monoisotopic (exact) mass is 195 g/mol. The van der Waals surface area contributed by atoms with Gasteiger partial charge in [-0.3, -0.25) is 4.79 Å². The molecule has 1 saturated heterocycles. The number of likely N-dealkylation sites (tertiary alicyclic amines) is 1. The first-order valence-corrected chi connectivity index (χ1v) is 4.47. The van der Waals surface area contributed by atoms with Gasteiger partial charge in [0.15, 0.2) is 11.6 Å². The van der Waals surface area contributed by atoms with Crippen LogP contribution in [-0.2, 0) is 0 Å². The number of halogens is 1. The second-order valence-electron chi connectivity index (χ2n) is 3.28. The van der Waals surface area contributed by atoms with Crippen molar-refractivity contribution in [1.82, 2.24) is 4.90 Å². The maximum Gasteiger partial charge on any atom is 0.256 e. The Balaban J connectivity index is 2.31. The summed E-state index contributed by atoms with van der Waals surface area (Å²) in [5.41, 5.74) is -0.0512. The number of nitrogens with zero attached hydrogens (tertiary/aromatic N) is 1. The van der Waals surface area contributed by atoms with Crippen molar-refractivity contribution in [3.63, 3.8) is 0 Å². The van der Waals surface area contributed by atoms with Gasteiger partial charge in [0.2, 0.25) is 0 Å². The van der Waals surface area contributed by atoms with Gasteiger partial charge in [-0.15, -0.1) is 0 Å². The van der Waals surface area contributed by atoms with Crippen molar-refractivity contribution in [2.24, 2.45) is 0 Å². The number of hydrogen-bond donors (Lipinski definition) is 1. The van der Waals surface area contributed by atoms with Crippen LogP contribution in [0, 0.1) is 5.82 Å². The zero-order valence-corrected chi connectivity index (χ0v) is 7.53. The van der Waals surface area contributed by atoms with Crippen LogP contribution in [0.4, 0.5) is 4.39 Å². The molecule has 0 aliphatic carbocycles. The second-order valence-corrected chi connectivity index (χ2v) is 3.28. The van der Waals surface area contributed by atoms with Gasteiger partial charge in [0.25, 0.3) is 5.91 Å². The molecule has 1 heterocycles. The summed E-state index contributed by atoms with van der Waals surface area (Å²) in [6.07, 6.45) is 0.964. The van der Waals surface area contributed by atoms with E-state index in [0.29, 0.717) is 13.1 Å². The Morgan fingerprint density at radius 2 is 2.14 bits per heavy atom. The average molecular weight is 195 g/mol. The van der Waals surface area contributed by atoms with Gasteiger partial charge in [0.1, 0.15) is 0 Å². The van der Waals surface area contributed by atoms with E-state index >= 15 is 0 Å². The van der Waals surface area contributed by atoms with Crippen LogP contribution >= 0.6 is 0 Å². The standard InChI is InChI=1S/C10H10FNO2/c11-9-7(3-1-4-8(9)13)10(14)12-5-2-6-12/h1,3-4,13H,2,5-6H2. The molecule has 4 heteroatoms. The largest absolute Gasteiger partial charge is 0.505 e. The average Bonchev–Trinajstić information content (AvgIpc) is 2.06. The molecule has 1 N–H and O–H groups in total. The molecule has 2 rings (SSSR count). The summed E-state index contributed by atoms with van der Waals surface area (Å²) in [7, 11) is 0. The summed E-state index contributed by atoms with van der Waals surface area (Å²) >= 11 is 0. The van der Waals surface area contributed by atoms with Crippen LogP contribution in [0.25, 0.3) is 0 Å². The summed E-state index contributed by atoms with van der Waals surface area (Å²) < 4.78 is 13.3. The van der Waals surface area contributed by atoms with E-state index in [-0.39, 0.29) is 11.5 Å². The molecular weight excluding hydrogens is 185 g/mol. The van der Waals surface area contributed by atoms with Gasteiger partial charge in [0.05, 0.1) is 5.56 Å². The second kappa shape index (κ2) is 3.29. The highest BCUT2D eigenvalue weighted by atomic mass is 19.1. The Morgan fingerprint density at radius 1 is 1.43 bits per heavy atom. The van der Waals surface area contributed by atoms with Crippen molar-refractivity contribution >= 4 is 5.91 Å². The molecule has 1 fully saturated rings. The minimum Gasteiger partial charge on any atom is -0.505 e. The van der Waals surface area contributed by atoms with Crippen molar-refractivity contribution in [1.29, 1.82) is 0 Å². The van der Waals surface area contributed by atoms with E-state index in [1.807, 2.05) is 0 Å². The lowest BCUT2D eigenvalue weighted by molar-refractivity contribution is 0.0646. The summed E-state index contributed by atoms with van der Waals surface area (Å²) in [5, 5.41) is 9.08. The Morgan fingerprint density at radius 3 is 2.71 bits per heavy atom. The summed E-state index contributed by atoms with van der Waals surface area (Å²) in [6, 6.07) is 4.07. The summed E-state index contributed by atoms with van der Waals surface area (Å²) in [6.45, 7) is 1.35. The van der Waals surface area contributed by atoms with Crippen LogP contribution in [0.2, 0.25) is 0 Å². The minimum absolute atomic E-state index is 0.0512. The predicted molar refractivity (Wildman–Crippen MR) is 48.6 cm³/mol. The fourth-order valence-electron chi connectivity index (χ4n) is 1.37. The molecule has 0 atom stereocenters. The van der Waals surface area contributed by atoms with Crippen LogP contribution in [-0.4, -0.2) is 29.0 Å². The zero-order valence-electron chi connectivity index (χ0n) is 7.53. The molecule has 14 heavy (non-hydrogen) atoms. The Kier molecular flexibility index (Phi) is 2.11. The Labute approximate surface area is 80.8 Å². The molecule has 74 valence electrons. The molecular formula is C10H10FNO2. The van der Waals surface area contributed by atoms with Crippen LogP contribution < -0.4 is 0 Å². The summed E-state index contributed by atoms with van der Waals surface area (Å²) in [5.74, 6) is -1.65. The molecule has 0 spiro atoms. The van der Waals surface area contributed by atoms with Gasteiger partial charge < -0.3 is 10.0 Å². The Hall–Kier alpha value is -1.58. The van der Waals surface area contributed by atoms with Crippen LogP contribution in [0.15, 0.2) is 18.2 Å². The van der Waals surface area contributed by atoms with Crippen molar-refractivity contribution in [3.05, 3.63) is 29.6 Å². The van der Waals surface area contributed by atoms with Crippen molar-refractivity contribution in [2.45, 2.75) is 6.42 Å². The number of amides is 1. The number of rotatable bonds is 1. The topological polar surface area (TPSA) is 40.5 Å². The van der Waals surface area contributed by atoms with Crippen LogP contribution in [0.5, 0.6) is 5.75 Å². The van der Waals surface area contributed by atoms with Crippen molar-refractivity contribution in [3.8, 4) is 5.75 Å². The molecule has 1 amide bonds. The van der Waals surface area contributed by atoms with Crippen molar-refractivity contribution in [2.75, 3.05) is 13.1 Å². The highest BCUT2D eigenvalue weighted by Gasteiger charge is 2.24. The van der Waals surface area contributed by atoms with E-state index in [9.17, 15) is 9.18 Å². The van der Waals surface area contributed by atoms with E-state index < -0.39 is 11.6 Å². The fourth-order valence-corrected chi connectivity index (χ4v) is 1.37. The van der Waals surface area contributed by atoms with Gasteiger partial charge >= 0.3 is 0 Å². The van der Waals surface area contributed by atoms with E-state index in [0.717, 1.165) is 6.42 Å². The number of hydrogen-bond acceptors (Lipinski definition) is 2. The molecule has 0 saturated carbocycles. The quantitative estimate of drug-likeness (QED) is 0.735. The van der Waals surface area contributed by atoms with Gasteiger partial charge in [-0.05, 0) is 18.6 Å². The van der Waals surface area contributed by atoms with Crippen molar-refractivity contribution < 1.29 is 14.3 Å². The normalized spacial score (nSPS) is 15.1. The third kappa shape index (κ3) is 1.32. The molecule has 0 unspecified atom stereocenters. The third-order valence-electron chi connectivity index (χ3n) is 2.35. The smallest absolute Gasteiger partial charge is 0.256 e. The maximum absolute atomic E-state index is 13.3. The lowest BCUT2D eigenvalue weighted by Gasteiger charge is -2.30. The van der Waals surface area contributed by atoms with Gasteiger partial charge in [-0.25, -0.2) is 4.39 Å². The molecule has 0 bridgehead atoms. The molecule has 1 aromatic rings. The first-order chi connectivity index (χ1) is 6.70. The van der Waals surface area contributed by atoms with Gasteiger partial charge in [-0.1, -0.05) is 6.07 Å². The Bertz CT molecular complexity index is 374. The van der Waals surface area contributed by atoms with Crippen LogP contribution in [0.1, 0.15) is 16.8 Å². The lowest BCUT2D eigenvalue weighted by Crippen LogP contribution is -2.42. The molecule has 1 aliphatic heterocycles. The maximum atomic E-state index is 13.3. The van der Waals surface area contributed by atoms with E-state index in [1.54, 1.807) is 4.90 Å². The molecule has 3 nitrogen and oxygen atoms in total. The lowest BCUT2D eigenvalue weighted by atomic mass is 10.1. The highest BCUT2D eigenvalue weighted by Crippen LogP contribution is 2.21. The highest BCUT2D eigenvalue weighted by molar-refractivity contribution is 5.95. The number of carbonyl (C=O) groups excluding carboxylic acids is 1. The number of phenolic OH excluding ortho intramolecular Hbond substituents is 1. The number of benzene rings is 1. The summed E-state index contributed by atoms with van der Waals surface area (Å²) in [4.78, 5) is 13.1. The molecule has 0 radical (unpaired) electrons. The number of aromatic hydroxyl groups is 1. The predicted octanol–water partition coefficient (Wildman–Crippen LogP) is 1.38. The van der Waals surface area contributed by atoms with E-state index in [1.165, 1.54) is 18.2 Å². The molecule has 1 aromatic carbocycles. The fraction of sp³-hybridized carbons (Fsp3) is 0.300. The van der Waals surface area contributed by atoms with E-state index in [4.69, 9.17) is 5.11 Å². The third-order valence-corrected chi connectivity index (χ3v) is 2.35. The van der Waals surface area contributed by atoms with E-state index in [2.05, 4.69) is 0 Å². The van der Waals surface area contributed by atoms with Gasteiger partial charge in [0, 0.05) is 13.1 Å². The first-order valence-electron chi connectivity index (χ1n) is 4.47. The first kappa shape index (κ1) is 8.99. The molecule has 0 aromatic heterocycles. The minimum atomic E-state index is -0.829. The van der Waals surface area contributed by atoms with Gasteiger partial charge in [-0.2, -0.15) is 0 Å². The zero-order chi connectivity index (χ0) is 10.1. The molecule has 1 aliphatic rings.